The maximum absolute atomic E-state index is 12.6. The van der Waals surface area contributed by atoms with Gasteiger partial charge in [-0.3, -0.25) is 4.79 Å². The van der Waals surface area contributed by atoms with Crippen LogP contribution >= 0.6 is 0 Å². The number of benzene rings is 1. The van der Waals surface area contributed by atoms with Gasteiger partial charge in [-0.1, -0.05) is 19.1 Å². The molecule has 1 aliphatic rings. The van der Waals surface area contributed by atoms with Crippen LogP contribution in [0.15, 0.2) is 24.3 Å². The van der Waals surface area contributed by atoms with Crippen LogP contribution in [0.25, 0.3) is 0 Å². The Balaban J connectivity index is 2.09. The van der Waals surface area contributed by atoms with E-state index in [1.165, 1.54) is 4.90 Å². The molecule has 1 aromatic rings. The first kappa shape index (κ1) is 19.9. The van der Waals surface area contributed by atoms with Crippen LogP contribution in [0.2, 0.25) is 0 Å². The highest BCUT2D eigenvalue weighted by Crippen LogP contribution is 2.34. The molecular formula is C20H27NO5. The van der Waals surface area contributed by atoms with Crippen LogP contribution in [0.1, 0.15) is 62.9 Å². The zero-order chi connectivity index (χ0) is 19.5. The fourth-order valence-corrected chi connectivity index (χ4v) is 3.08. The SMILES string of the molecule is CCOC(=O)c1ccc([C@@H]2CCN(C(=O)OC(C)(C)C)C(=O)[C@H]2C)cc1. The summed E-state index contributed by atoms with van der Waals surface area (Å²) in [5.41, 5.74) is 0.823. The van der Waals surface area contributed by atoms with Crippen molar-refractivity contribution in [2.45, 2.75) is 52.6 Å². The van der Waals surface area contributed by atoms with E-state index in [4.69, 9.17) is 9.47 Å². The Morgan fingerprint density at radius 2 is 1.81 bits per heavy atom. The fraction of sp³-hybridized carbons (Fsp3) is 0.550. The molecule has 0 saturated carbocycles. The van der Waals surface area contributed by atoms with Crippen molar-refractivity contribution >= 4 is 18.0 Å². The van der Waals surface area contributed by atoms with Crippen LogP contribution in [0, 0.1) is 5.92 Å². The van der Waals surface area contributed by atoms with Gasteiger partial charge in [0.05, 0.1) is 12.2 Å². The number of rotatable bonds is 3. The highest BCUT2D eigenvalue weighted by molar-refractivity contribution is 5.94. The standard InChI is InChI=1S/C20H27NO5/c1-6-25-18(23)15-9-7-14(8-10-15)16-11-12-21(17(22)13(16)2)19(24)26-20(3,4)5/h7-10,13,16H,6,11-12H2,1-5H3/t13-,16+/m0/s1. The lowest BCUT2D eigenvalue weighted by molar-refractivity contribution is -0.137. The van der Waals surface area contributed by atoms with E-state index in [2.05, 4.69) is 0 Å². The maximum Gasteiger partial charge on any atom is 0.417 e. The monoisotopic (exact) mass is 361 g/mol. The molecule has 1 aliphatic heterocycles. The van der Waals surface area contributed by atoms with E-state index in [1.807, 2.05) is 19.1 Å². The van der Waals surface area contributed by atoms with Crippen LogP contribution < -0.4 is 0 Å². The van der Waals surface area contributed by atoms with Crippen molar-refractivity contribution in [3.63, 3.8) is 0 Å². The second-order valence-corrected chi connectivity index (χ2v) is 7.50. The molecule has 6 nitrogen and oxygen atoms in total. The molecule has 142 valence electrons. The third-order valence-electron chi connectivity index (χ3n) is 4.39. The second-order valence-electron chi connectivity index (χ2n) is 7.50. The van der Waals surface area contributed by atoms with Gasteiger partial charge in [-0.2, -0.15) is 0 Å². The largest absolute Gasteiger partial charge is 0.462 e. The van der Waals surface area contributed by atoms with E-state index in [0.29, 0.717) is 25.1 Å². The minimum atomic E-state index is -0.639. The Kier molecular flexibility index (Phi) is 6.05. The second kappa shape index (κ2) is 7.89. The molecule has 2 amide bonds. The van der Waals surface area contributed by atoms with Gasteiger partial charge in [0.1, 0.15) is 5.60 Å². The van der Waals surface area contributed by atoms with Crippen molar-refractivity contribution in [1.29, 1.82) is 0 Å². The number of hydrogen-bond acceptors (Lipinski definition) is 5. The van der Waals surface area contributed by atoms with E-state index in [1.54, 1.807) is 39.8 Å². The van der Waals surface area contributed by atoms with Crippen LogP contribution in [-0.2, 0) is 14.3 Å². The van der Waals surface area contributed by atoms with Gasteiger partial charge in [-0.25, -0.2) is 14.5 Å². The summed E-state index contributed by atoms with van der Waals surface area (Å²) in [7, 11) is 0. The van der Waals surface area contributed by atoms with Crippen molar-refractivity contribution in [2.75, 3.05) is 13.2 Å². The molecule has 6 heteroatoms. The number of carbonyl (C=O) groups is 3. The Morgan fingerprint density at radius 3 is 2.35 bits per heavy atom. The molecule has 0 spiro atoms. The molecule has 1 heterocycles. The minimum absolute atomic E-state index is 0.00238. The van der Waals surface area contributed by atoms with Crippen LogP contribution in [0.4, 0.5) is 4.79 Å². The number of imide groups is 1. The maximum atomic E-state index is 12.6. The molecule has 0 unspecified atom stereocenters. The first-order valence-electron chi connectivity index (χ1n) is 8.95. The summed E-state index contributed by atoms with van der Waals surface area (Å²) in [5, 5.41) is 0. The molecule has 0 aliphatic carbocycles. The molecule has 1 aromatic carbocycles. The molecular weight excluding hydrogens is 334 g/mol. The first-order valence-corrected chi connectivity index (χ1v) is 8.95. The molecule has 0 radical (unpaired) electrons. The Labute approximate surface area is 154 Å². The summed E-state index contributed by atoms with van der Waals surface area (Å²) in [6, 6.07) is 7.13. The Morgan fingerprint density at radius 1 is 1.19 bits per heavy atom. The predicted octanol–water partition coefficient (Wildman–Crippen LogP) is 3.75. The number of hydrogen-bond donors (Lipinski definition) is 0. The predicted molar refractivity (Wildman–Crippen MR) is 96.9 cm³/mol. The van der Waals surface area contributed by atoms with Crippen LogP contribution in [-0.4, -0.2) is 41.6 Å². The van der Waals surface area contributed by atoms with Crippen molar-refractivity contribution in [1.82, 2.24) is 4.90 Å². The van der Waals surface area contributed by atoms with Crippen LogP contribution in [0.5, 0.6) is 0 Å². The Hall–Kier alpha value is -2.37. The van der Waals surface area contributed by atoms with E-state index >= 15 is 0 Å². The summed E-state index contributed by atoms with van der Waals surface area (Å²) in [6.07, 6.45) is 0.0655. The number of piperidine rings is 1. The van der Waals surface area contributed by atoms with Gasteiger partial charge in [0.15, 0.2) is 0 Å². The lowest BCUT2D eigenvalue weighted by Crippen LogP contribution is -2.48. The normalized spacial score (nSPS) is 20.7. The van der Waals surface area contributed by atoms with E-state index in [9.17, 15) is 14.4 Å². The lowest BCUT2D eigenvalue weighted by Gasteiger charge is -2.36. The average Bonchev–Trinajstić information content (AvgIpc) is 2.56. The molecule has 0 N–H and O–H groups in total. The topological polar surface area (TPSA) is 72.9 Å². The molecule has 0 bridgehead atoms. The molecule has 1 saturated heterocycles. The zero-order valence-corrected chi connectivity index (χ0v) is 16.1. The summed E-state index contributed by atoms with van der Waals surface area (Å²) in [4.78, 5) is 37.8. The quantitative estimate of drug-likeness (QED) is 0.767. The number of amides is 2. The Bertz CT molecular complexity index is 674. The van der Waals surface area contributed by atoms with Gasteiger partial charge >= 0.3 is 12.1 Å². The average molecular weight is 361 g/mol. The number of likely N-dealkylation sites (tertiary alicyclic amines) is 1. The van der Waals surface area contributed by atoms with Gasteiger partial charge in [-0.05, 0) is 57.7 Å². The van der Waals surface area contributed by atoms with E-state index in [-0.39, 0.29) is 23.7 Å². The van der Waals surface area contributed by atoms with Crippen molar-refractivity contribution in [3.8, 4) is 0 Å². The molecule has 2 atom stereocenters. The van der Waals surface area contributed by atoms with Crippen molar-refractivity contribution in [3.05, 3.63) is 35.4 Å². The number of esters is 1. The zero-order valence-electron chi connectivity index (χ0n) is 16.1. The van der Waals surface area contributed by atoms with Gasteiger partial charge < -0.3 is 9.47 Å². The van der Waals surface area contributed by atoms with Gasteiger partial charge in [0.2, 0.25) is 5.91 Å². The molecule has 1 fully saturated rings. The fourth-order valence-electron chi connectivity index (χ4n) is 3.08. The van der Waals surface area contributed by atoms with E-state index < -0.39 is 11.7 Å². The van der Waals surface area contributed by atoms with Gasteiger partial charge in [0.25, 0.3) is 0 Å². The highest BCUT2D eigenvalue weighted by Gasteiger charge is 2.38. The van der Waals surface area contributed by atoms with Crippen molar-refractivity contribution < 1.29 is 23.9 Å². The molecule has 26 heavy (non-hydrogen) atoms. The first-order chi connectivity index (χ1) is 12.1. The molecule has 0 aromatic heterocycles. The number of ether oxygens (including phenoxy) is 2. The third-order valence-corrected chi connectivity index (χ3v) is 4.39. The number of carbonyl (C=O) groups excluding carboxylic acids is 3. The van der Waals surface area contributed by atoms with Crippen molar-refractivity contribution in [2.24, 2.45) is 5.92 Å². The summed E-state index contributed by atoms with van der Waals surface area (Å²) in [5.74, 6) is -0.935. The summed E-state index contributed by atoms with van der Waals surface area (Å²) >= 11 is 0. The van der Waals surface area contributed by atoms with Crippen LogP contribution in [0.3, 0.4) is 0 Å². The summed E-state index contributed by atoms with van der Waals surface area (Å²) < 4.78 is 10.3. The third kappa shape index (κ3) is 4.62. The van der Waals surface area contributed by atoms with Gasteiger partial charge in [-0.15, -0.1) is 0 Å². The minimum Gasteiger partial charge on any atom is -0.462 e. The van der Waals surface area contributed by atoms with Gasteiger partial charge in [0, 0.05) is 12.5 Å². The summed E-state index contributed by atoms with van der Waals surface area (Å²) in [6.45, 7) is 9.56. The highest BCUT2D eigenvalue weighted by atomic mass is 16.6. The van der Waals surface area contributed by atoms with E-state index in [0.717, 1.165) is 5.56 Å². The number of nitrogens with zero attached hydrogens (tertiary/aromatic N) is 1. The lowest BCUT2D eigenvalue weighted by atomic mass is 9.81. The smallest absolute Gasteiger partial charge is 0.417 e. The molecule has 2 rings (SSSR count).